The van der Waals surface area contributed by atoms with Crippen molar-refractivity contribution in [3.05, 3.63) is 139 Å². The van der Waals surface area contributed by atoms with Crippen molar-refractivity contribution in [1.82, 2.24) is 0 Å². The molecule has 4 saturated carbocycles. The Morgan fingerprint density at radius 2 is 1.14 bits per heavy atom. The molecule has 5 aromatic carbocycles. The molecule has 214 valence electrons. The van der Waals surface area contributed by atoms with Gasteiger partial charge in [0.2, 0.25) is 0 Å². The predicted octanol–water partition coefficient (Wildman–Crippen LogP) is 8.94. The van der Waals surface area contributed by atoms with Crippen molar-refractivity contribution in [2.45, 2.75) is 38.1 Å². The van der Waals surface area contributed by atoms with Crippen LogP contribution in [0.15, 0.2) is 133 Å². The van der Waals surface area contributed by atoms with Crippen LogP contribution in [0.25, 0.3) is 16.8 Å². The number of fused-ring (bicyclic) bond motifs is 1. The van der Waals surface area contributed by atoms with Crippen molar-refractivity contribution >= 4 is 46.4 Å². The van der Waals surface area contributed by atoms with E-state index in [0.29, 0.717) is 6.04 Å². The van der Waals surface area contributed by atoms with Gasteiger partial charge in [0, 0.05) is 23.3 Å². The van der Waals surface area contributed by atoms with E-state index in [9.17, 15) is 0 Å². The summed E-state index contributed by atoms with van der Waals surface area (Å²) in [6, 6.07) is 48.0. The summed E-state index contributed by atoms with van der Waals surface area (Å²) in [5, 5.41) is 7.09. The van der Waals surface area contributed by atoms with Gasteiger partial charge in [-0.2, -0.15) is 0 Å². The fourth-order valence-corrected chi connectivity index (χ4v) is 11.4. The van der Waals surface area contributed by atoms with Crippen molar-refractivity contribution in [2.75, 3.05) is 11.4 Å². The normalized spacial score (nSPS) is 24.3. The van der Waals surface area contributed by atoms with Gasteiger partial charge in [0.1, 0.15) is 0 Å². The second-order valence-corrected chi connectivity index (χ2v) is 15.2. The standard InChI is InChI=1S/C41H40NP/c1-4-13-30(14-5-1)15-12-24-42(40-34-26-31-25-32(28-34)29-35(40)27-31)41-38-21-11-10-16-33(38)22-23-39(41)43(36-17-6-2-7-18-36)37-19-8-3-9-20-37/h1-23,31-32,34-35,40H,24-29H2/b15-12+. The molecule has 0 amide bonds. The molecule has 0 aromatic heterocycles. The van der Waals surface area contributed by atoms with E-state index in [1.165, 1.54) is 70.0 Å². The van der Waals surface area contributed by atoms with Crippen LogP contribution in [-0.2, 0) is 0 Å². The van der Waals surface area contributed by atoms with Gasteiger partial charge in [0.05, 0.1) is 5.69 Å². The zero-order valence-electron chi connectivity index (χ0n) is 24.8. The third-order valence-electron chi connectivity index (χ3n) is 10.4. The molecule has 4 aliphatic carbocycles. The van der Waals surface area contributed by atoms with Crippen molar-refractivity contribution < 1.29 is 0 Å². The Morgan fingerprint density at radius 3 is 1.77 bits per heavy atom. The lowest BCUT2D eigenvalue weighted by molar-refractivity contribution is -0.00202. The van der Waals surface area contributed by atoms with E-state index in [2.05, 4.69) is 144 Å². The number of hydrogen-bond donors (Lipinski definition) is 0. The highest BCUT2D eigenvalue weighted by atomic mass is 31.1. The molecule has 43 heavy (non-hydrogen) atoms. The summed E-state index contributed by atoms with van der Waals surface area (Å²) < 4.78 is 0. The first kappa shape index (κ1) is 26.9. The number of hydrogen-bond acceptors (Lipinski definition) is 1. The molecule has 2 heteroatoms. The third kappa shape index (κ3) is 5.23. The summed E-state index contributed by atoms with van der Waals surface area (Å²) in [6.07, 6.45) is 11.9. The van der Waals surface area contributed by atoms with E-state index in [0.717, 1.165) is 30.2 Å². The maximum absolute atomic E-state index is 2.91. The van der Waals surface area contributed by atoms with Crippen LogP contribution in [0, 0.1) is 23.7 Å². The maximum Gasteiger partial charge on any atom is 0.0536 e. The van der Waals surface area contributed by atoms with E-state index in [-0.39, 0.29) is 0 Å². The van der Waals surface area contributed by atoms with Gasteiger partial charge >= 0.3 is 0 Å². The first-order valence-electron chi connectivity index (χ1n) is 16.2. The maximum atomic E-state index is 2.91. The average molecular weight is 578 g/mol. The molecule has 0 atom stereocenters. The zero-order chi connectivity index (χ0) is 28.6. The van der Waals surface area contributed by atoms with Crippen LogP contribution >= 0.6 is 7.92 Å². The van der Waals surface area contributed by atoms with Gasteiger partial charge < -0.3 is 4.90 Å². The fourth-order valence-electron chi connectivity index (χ4n) is 8.94. The van der Waals surface area contributed by atoms with Crippen LogP contribution in [0.2, 0.25) is 0 Å². The zero-order valence-corrected chi connectivity index (χ0v) is 25.7. The van der Waals surface area contributed by atoms with Crippen LogP contribution in [-0.4, -0.2) is 12.6 Å². The van der Waals surface area contributed by atoms with Crippen LogP contribution in [0.5, 0.6) is 0 Å². The summed E-state index contributed by atoms with van der Waals surface area (Å²) in [7, 11) is -0.733. The molecule has 0 heterocycles. The van der Waals surface area contributed by atoms with Gasteiger partial charge in [0.15, 0.2) is 0 Å². The van der Waals surface area contributed by atoms with Crippen molar-refractivity contribution in [2.24, 2.45) is 23.7 Å². The molecule has 0 N–H and O–H groups in total. The van der Waals surface area contributed by atoms with Gasteiger partial charge in [-0.05, 0) is 85.3 Å². The first-order chi connectivity index (χ1) is 21.3. The largest absolute Gasteiger partial charge is 0.363 e. The average Bonchev–Trinajstić information content (AvgIpc) is 3.05. The molecule has 4 fully saturated rings. The van der Waals surface area contributed by atoms with Gasteiger partial charge in [-0.25, -0.2) is 0 Å². The SMILES string of the molecule is C(=C\c1ccccc1)/CN(c1c(P(c2ccccc2)c2ccccc2)ccc2ccccc12)C1C2CC3CC(C2)CC1C3. The lowest BCUT2D eigenvalue weighted by Crippen LogP contribution is -2.57. The van der Waals surface area contributed by atoms with Gasteiger partial charge in [-0.1, -0.05) is 140 Å². The quantitative estimate of drug-likeness (QED) is 0.166. The topological polar surface area (TPSA) is 3.24 Å². The molecule has 0 aliphatic heterocycles. The van der Waals surface area contributed by atoms with E-state index in [1.54, 1.807) is 0 Å². The first-order valence-corrected chi connectivity index (χ1v) is 17.6. The van der Waals surface area contributed by atoms with Crippen LogP contribution < -0.4 is 20.8 Å². The lowest BCUT2D eigenvalue weighted by atomic mass is 9.54. The Balaban J connectivity index is 1.33. The van der Waals surface area contributed by atoms with Gasteiger partial charge in [-0.3, -0.25) is 0 Å². The van der Waals surface area contributed by atoms with Gasteiger partial charge in [0.25, 0.3) is 0 Å². The summed E-state index contributed by atoms with van der Waals surface area (Å²) >= 11 is 0. The fraction of sp³-hybridized carbons (Fsp3) is 0.268. The highest BCUT2D eigenvalue weighted by molar-refractivity contribution is 7.80. The molecule has 9 rings (SSSR count). The van der Waals surface area contributed by atoms with Crippen LogP contribution in [0.1, 0.15) is 37.7 Å². The van der Waals surface area contributed by atoms with Crippen LogP contribution in [0.3, 0.4) is 0 Å². The molecule has 1 nitrogen and oxygen atoms in total. The van der Waals surface area contributed by atoms with Crippen molar-refractivity contribution in [1.29, 1.82) is 0 Å². The highest BCUT2D eigenvalue weighted by Crippen LogP contribution is 2.56. The number of rotatable bonds is 8. The Morgan fingerprint density at radius 1 is 0.581 bits per heavy atom. The Labute approximate surface area is 258 Å². The second kappa shape index (κ2) is 11.8. The molecular formula is C41H40NP. The summed E-state index contributed by atoms with van der Waals surface area (Å²) in [4.78, 5) is 2.91. The molecular weight excluding hydrogens is 537 g/mol. The summed E-state index contributed by atoms with van der Waals surface area (Å²) in [6.45, 7) is 0.940. The van der Waals surface area contributed by atoms with Gasteiger partial charge in [-0.15, -0.1) is 0 Å². The Kier molecular flexibility index (Phi) is 7.38. The van der Waals surface area contributed by atoms with Crippen molar-refractivity contribution in [3.63, 3.8) is 0 Å². The Bertz CT molecular complexity index is 1640. The smallest absolute Gasteiger partial charge is 0.0536 e. The predicted molar refractivity (Wildman–Crippen MR) is 186 cm³/mol. The van der Waals surface area contributed by atoms with E-state index >= 15 is 0 Å². The van der Waals surface area contributed by atoms with E-state index in [1.807, 2.05) is 0 Å². The van der Waals surface area contributed by atoms with E-state index in [4.69, 9.17) is 0 Å². The van der Waals surface area contributed by atoms with Crippen molar-refractivity contribution in [3.8, 4) is 0 Å². The minimum absolute atomic E-state index is 0.598. The molecule has 4 aliphatic rings. The third-order valence-corrected chi connectivity index (χ3v) is 12.9. The van der Waals surface area contributed by atoms with Crippen LogP contribution in [0.4, 0.5) is 5.69 Å². The lowest BCUT2D eigenvalue weighted by Gasteiger charge is -2.58. The molecule has 5 aromatic rings. The highest BCUT2D eigenvalue weighted by Gasteiger charge is 2.50. The molecule has 4 bridgehead atoms. The number of benzene rings is 5. The minimum Gasteiger partial charge on any atom is -0.363 e. The molecule has 0 unspecified atom stereocenters. The monoisotopic (exact) mass is 577 g/mol. The Hall–Kier alpha value is -3.67. The number of anilines is 1. The molecule has 0 radical (unpaired) electrons. The molecule has 0 saturated heterocycles. The minimum atomic E-state index is -0.733. The number of nitrogens with zero attached hydrogens (tertiary/aromatic N) is 1. The van der Waals surface area contributed by atoms with E-state index < -0.39 is 7.92 Å². The summed E-state index contributed by atoms with van der Waals surface area (Å²) in [5.41, 5.74) is 2.76. The molecule has 0 spiro atoms. The second-order valence-electron chi connectivity index (χ2n) is 13.0. The summed E-state index contributed by atoms with van der Waals surface area (Å²) in [5.74, 6) is 3.51.